The van der Waals surface area contributed by atoms with Crippen LogP contribution in [0.4, 0.5) is 0 Å². The molecule has 0 saturated heterocycles. The van der Waals surface area contributed by atoms with E-state index in [0.29, 0.717) is 12.5 Å². The summed E-state index contributed by atoms with van der Waals surface area (Å²) in [5.74, 6) is 5.46. The molecule has 0 unspecified atom stereocenters. The highest BCUT2D eigenvalue weighted by Crippen LogP contribution is 2.06. The van der Waals surface area contributed by atoms with Gasteiger partial charge in [0.25, 0.3) is 0 Å². The number of pyridine rings is 1. The molecular weight excluding hydrogens is 144 g/mol. The van der Waals surface area contributed by atoms with Gasteiger partial charge in [-0.15, -0.1) is 0 Å². The van der Waals surface area contributed by atoms with Gasteiger partial charge in [-0.25, -0.2) is 10.9 Å². The quantitative estimate of drug-likeness (QED) is 0.643. The number of nitrogens with two attached hydrogens (primary N) is 1. The molecule has 60 valence electrons. The Kier molecular flexibility index (Phi) is 2.83. The molecule has 0 amide bonds. The van der Waals surface area contributed by atoms with Crippen LogP contribution in [0.3, 0.4) is 0 Å². The molecule has 11 heavy (non-hydrogen) atoms. The first-order valence-corrected chi connectivity index (χ1v) is 3.17. The molecule has 1 heterocycles. The van der Waals surface area contributed by atoms with Crippen LogP contribution in [0.25, 0.3) is 0 Å². The molecule has 4 heteroatoms. The Labute approximate surface area is 64.9 Å². The van der Waals surface area contributed by atoms with Crippen LogP contribution in [0.2, 0.25) is 0 Å². The maximum atomic E-state index is 4.87. The van der Waals surface area contributed by atoms with Gasteiger partial charge < -0.3 is 4.74 Å². The number of rotatable bonds is 3. The number of nitrogens with zero attached hydrogens (tertiary/aromatic N) is 1. The van der Waals surface area contributed by atoms with Crippen molar-refractivity contribution in [3.8, 4) is 5.88 Å². The minimum atomic E-state index is 0.372. The molecule has 0 fully saturated rings. The van der Waals surface area contributed by atoms with E-state index in [0.717, 1.165) is 5.56 Å². The maximum absolute atomic E-state index is 4.87. The molecule has 4 nitrogen and oxygen atoms in total. The van der Waals surface area contributed by atoms with Crippen LogP contribution in [0.5, 0.6) is 5.88 Å². The SMILES string of the molecule is COc1ccc(CON)cn1. The Bertz CT molecular complexity index is 210. The lowest BCUT2D eigenvalue weighted by molar-refractivity contribution is 0.124. The number of hydrogen-bond donors (Lipinski definition) is 1. The van der Waals surface area contributed by atoms with Crippen molar-refractivity contribution in [2.45, 2.75) is 6.61 Å². The van der Waals surface area contributed by atoms with Crippen molar-refractivity contribution in [3.05, 3.63) is 23.9 Å². The zero-order valence-electron chi connectivity index (χ0n) is 6.28. The molecule has 0 radical (unpaired) electrons. The van der Waals surface area contributed by atoms with Crippen molar-refractivity contribution in [3.63, 3.8) is 0 Å². The van der Waals surface area contributed by atoms with E-state index >= 15 is 0 Å². The van der Waals surface area contributed by atoms with Crippen LogP contribution in [-0.2, 0) is 11.4 Å². The first-order chi connectivity index (χ1) is 5.36. The molecule has 0 atom stereocenters. The summed E-state index contributed by atoms with van der Waals surface area (Å²) in [6.45, 7) is 0.372. The lowest BCUT2D eigenvalue weighted by Gasteiger charge is -1.99. The second-order valence-electron chi connectivity index (χ2n) is 2.02. The predicted molar refractivity (Wildman–Crippen MR) is 39.8 cm³/mol. The Morgan fingerprint density at radius 1 is 1.55 bits per heavy atom. The lowest BCUT2D eigenvalue weighted by atomic mass is 10.3. The van der Waals surface area contributed by atoms with E-state index in [2.05, 4.69) is 9.82 Å². The highest BCUT2D eigenvalue weighted by Gasteiger charge is 1.93. The summed E-state index contributed by atoms with van der Waals surface area (Å²) < 4.78 is 4.86. The van der Waals surface area contributed by atoms with E-state index in [-0.39, 0.29) is 0 Å². The minimum absolute atomic E-state index is 0.372. The Morgan fingerprint density at radius 2 is 2.36 bits per heavy atom. The van der Waals surface area contributed by atoms with Gasteiger partial charge in [0.15, 0.2) is 0 Å². The third-order valence-corrected chi connectivity index (χ3v) is 1.26. The standard InChI is InChI=1S/C7H10N2O2/c1-10-7-3-2-6(4-9-7)5-11-8/h2-4H,5,8H2,1H3. The molecule has 1 aromatic rings. The second kappa shape index (κ2) is 3.90. The number of methoxy groups -OCH3 is 1. The molecular formula is C7H10N2O2. The fourth-order valence-corrected chi connectivity index (χ4v) is 0.713. The van der Waals surface area contributed by atoms with E-state index in [9.17, 15) is 0 Å². The van der Waals surface area contributed by atoms with E-state index in [1.54, 1.807) is 19.4 Å². The van der Waals surface area contributed by atoms with Crippen LogP contribution >= 0.6 is 0 Å². The van der Waals surface area contributed by atoms with Gasteiger partial charge in [0, 0.05) is 12.3 Å². The monoisotopic (exact) mass is 154 g/mol. The van der Waals surface area contributed by atoms with Crippen molar-refractivity contribution in [1.29, 1.82) is 0 Å². The van der Waals surface area contributed by atoms with Gasteiger partial charge in [0.05, 0.1) is 13.7 Å². The van der Waals surface area contributed by atoms with E-state index in [1.807, 2.05) is 6.07 Å². The summed E-state index contributed by atoms with van der Waals surface area (Å²) >= 11 is 0. The lowest BCUT2D eigenvalue weighted by Crippen LogP contribution is -1.99. The average molecular weight is 154 g/mol. The largest absolute Gasteiger partial charge is 0.481 e. The Balaban J connectivity index is 2.66. The van der Waals surface area contributed by atoms with Crippen LogP contribution < -0.4 is 10.6 Å². The first-order valence-electron chi connectivity index (χ1n) is 3.17. The van der Waals surface area contributed by atoms with Gasteiger partial charge >= 0.3 is 0 Å². The molecule has 1 aromatic heterocycles. The van der Waals surface area contributed by atoms with Crippen LogP contribution in [0.15, 0.2) is 18.3 Å². The molecule has 0 aliphatic heterocycles. The molecule has 0 bridgehead atoms. The predicted octanol–water partition coefficient (Wildman–Crippen LogP) is 0.481. The van der Waals surface area contributed by atoms with Crippen molar-refractivity contribution >= 4 is 0 Å². The van der Waals surface area contributed by atoms with Crippen molar-refractivity contribution < 1.29 is 9.57 Å². The third kappa shape index (κ3) is 2.18. The number of aromatic nitrogens is 1. The summed E-state index contributed by atoms with van der Waals surface area (Å²) in [5, 5.41) is 0. The fraction of sp³-hybridized carbons (Fsp3) is 0.286. The van der Waals surface area contributed by atoms with Gasteiger partial charge in [-0.2, -0.15) is 0 Å². The Hall–Kier alpha value is -1.13. The molecule has 0 aromatic carbocycles. The topological polar surface area (TPSA) is 57.4 Å². The highest BCUT2D eigenvalue weighted by atomic mass is 16.6. The molecule has 1 rings (SSSR count). The third-order valence-electron chi connectivity index (χ3n) is 1.26. The molecule has 0 aliphatic rings. The van der Waals surface area contributed by atoms with Gasteiger partial charge in [0.1, 0.15) is 0 Å². The summed E-state index contributed by atoms with van der Waals surface area (Å²) in [6.07, 6.45) is 1.66. The average Bonchev–Trinajstić information content (AvgIpc) is 2.07. The normalized spacial score (nSPS) is 9.64. The molecule has 0 aliphatic carbocycles. The number of ether oxygens (including phenoxy) is 1. The summed E-state index contributed by atoms with van der Waals surface area (Å²) in [4.78, 5) is 8.38. The van der Waals surface area contributed by atoms with Gasteiger partial charge in [-0.3, -0.25) is 4.84 Å². The first kappa shape index (κ1) is 7.97. The van der Waals surface area contributed by atoms with Crippen molar-refractivity contribution in [2.24, 2.45) is 5.90 Å². The summed E-state index contributed by atoms with van der Waals surface area (Å²) in [6, 6.07) is 3.60. The number of hydrogen-bond acceptors (Lipinski definition) is 4. The highest BCUT2D eigenvalue weighted by molar-refractivity contribution is 5.16. The van der Waals surface area contributed by atoms with E-state index < -0.39 is 0 Å². The molecule has 0 spiro atoms. The smallest absolute Gasteiger partial charge is 0.212 e. The van der Waals surface area contributed by atoms with Gasteiger partial charge in [0.2, 0.25) is 5.88 Å². The maximum Gasteiger partial charge on any atom is 0.212 e. The Morgan fingerprint density at radius 3 is 2.82 bits per heavy atom. The molecule has 2 N–H and O–H groups in total. The van der Waals surface area contributed by atoms with Crippen molar-refractivity contribution in [1.82, 2.24) is 4.98 Å². The van der Waals surface area contributed by atoms with Gasteiger partial charge in [-0.05, 0) is 11.6 Å². The van der Waals surface area contributed by atoms with Crippen LogP contribution in [0.1, 0.15) is 5.56 Å². The van der Waals surface area contributed by atoms with Gasteiger partial charge in [-0.1, -0.05) is 0 Å². The minimum Gasteiger partial charge on any atom is -0.481 e. The zero-order valence-corrected chi connectivity index (χ0v) is 6.28. The van der Waals surface area contributed by atoms with Crippen LogP contribution in [0, 0.1) is 0 Å². The summed E-state index contributed by atoms with van der Waals surface area (Å²) in [7, 11) is 1.57. The fourth-order valence-electron chi connectivity index (χ4n) is 0.713. The summed E-state index contributed by atoms with van der Waals surface area (Å²) in [5.41, 5.74) is 0.924. The van der Waals surface area contributed by atoms with Crippen molar-refractivity contribution in [2.75, 3.05) is 7.11 Å². The van der Waals surface area contributed by atoms with Crippen LogP contribution in [-0.4, -0.2) is 12.1 Å². The zero-order chi connectivity index (χ0) is 8.10. The van der Waals surface area contributed by atoms with E-state index in [1.165, 1.54) is 0 Å². The molecule has 0 saturated carbocycles. The second-order valence-corrected chi connectivity index (χ2v) is 2.02. The van der Waals surface area contributed by atoms with E-state index in [4.69, 9.17) is 10.6 Å².